The fourth-order valence-electron chi connectivity index (χ4n) is 6.50. The minimum atomic E-state index is 0.105. The van der Waals surface area contributed by atoms with Crippen molar-refractivity contribution in [3.05, 3.63) is 59.5 Å². The average Bonchev–Trinajstić information content (AvgIpc) is 2.93. The summed E-state index contributed by atoms with van der Waals surface area (Å²) >= 11 is 0. The summed E-state index contributed by atoms with van der Waals surface area (Å²) < 4.78 is 0. The van der Waals surface area contributed by atoms with Gasteiger partial charge in [0.1, 0.15) is 0 Å². The Kier molecular flexibility index (Phi) is 3.72. The lowest BCUT2D eigenvalue weighted by Gasteiger charge is -2.55. The zero-order valence-electron chi connectivity index (χ0n) is 16.3. The van der Waals surface area contributed by atoms with E-state index in [0.717, 1.165) is 19.4 Å². The van der Waals surface area contributed by atoms with Gasteiger partial charge in [-0.2, -0.15) is 0 Å². The van der Waals surface area contributed by atoms with Crippen molar-refractivity contribution in [2.45, 2.75) is 46.0 Å². The first-order valence-electron chi connectivity index (χ1n) is 10.3. The van der Waals surface area contributed by atoms with Crippen LogP contribution in [0.3, 0.4) is 0 Å². The van der Waals surface area contributed by atoms with Crippen LogP contribution < -0.4 is 5.32 Å². The molecule has 5 rings (SSSR count). The smallest absolute Gasteiger partial charge is 0.243 e. The minimum Gasteiger partial charge on any atom is -0.353 e. The molecule has 0 spiro atoms. The second-order valence-electron chi connectivity index (χ2n) is 9.19. The highest BCUT2D eigenvalue weighted by molar-refractivity contribution is 5.89. The molecule has 3 nitrogen and oxygen atoms in total. The lowest BCUT2D eigenvalue weighted by molar-refractivity contribution is -0.116. The van der Waals surface area contributed by atoms with Crippen LogP contribution in [0.5, 0.6) is 0 Å². The first kappa shape index (κ1) is 17.0. The van der Waals surface area contributed by atoms with Crippen LogP contribution in [0.15, 0.2) is 53.9 Å². The Morgan fingerprint density at radius 1 is 1.19 bits per heavy atom. The number of aromatic nitrogens is 1. The molecule has 1 aromatic rings. The summed E-state index contributed by atoms with van der Waals surface area (Å²) in [5, 5.41) is 3.06. The summed E-state index contributed by atoms with van der Waals surface area (Å²) in [7, 11) is 0. The third-order valence-electron chi connectivity index (χ3n) is 8.00. The maximum atomic E-state index is 12.1. The monoisotopic (exact) mass is 360 g/mol. The van der Waals surface area contributed by atoms with Crippen LogP contribution in [0.4, 0.5) is 0 Å². The van der Waals surface area contributed by atoms with Gasteiger partial charge >= 0.3 is 0 Å². The van der Waals surface area contributed by atoms with Gasteiger partial charge in [-0.05, 0) is 66.6 Å². The van der Waals surface area contributed by atoms with E-state index in [2.05, 4.69) is 42.4 Å². The van der Waals surface area contributed by atoms with Crippen LogP contribution in [0.25, 0.3) is 5.57 Å². The van der Waals surface area contributed by atoms with Gasteiger partial charge in [-0.1, -0.05) is 43.2 Å². The molecule has 0 aromatic carbocycles. The molecule has 3 heteroatoms. The molecule has 140 valence electrons. The van der Waals surface area contributed by atoms with Crippen molar-refractivity contribution in [1.29, 1.82) is 0 Å². The molecule has 4 atom stereocenters. The molecule has 1 N–H and O–H groups in total. The third-order valence-corrected chi connectivity index (χ3v) is 8.00. The van der Waals surface area contributed by atoms with E-state index in [0.29, 0.717) is 11.8 Å². The van der Waals surface area contributed by atoms with Crippen LogP contribution in [0.2, 0.25) is 0 Å². The fourth-order valence-corrected chi connectivity index (χ4v) is 6.50. The quantitative estimate of drug-likeness (QED) is 0.790. The second-order valence-corrected chi connectivity index (χ2v) is 9.19. The molecule has 2 saturated carbocycles. The van der Waals surface area contributed by atoms with Crippen LogP contribution >= 0.6 is 0 Å². The number of carbonyl (C=O) groups excluding carboxylic acids is 1. The van der Waals surface area contributed by atoms with E-state index in [9.17, 15) is 4.79 Å². The van der Waals surface area contributed by atoms with Crippen LogP contribution in [0.1, 0.15) is 51.5 Å². The molecule has 0 radical (unpaired) electrons. The summed E-state index contributed by atoms with van der Waals surface area (Å²) in [4.78, 5) is 16.4. The van der Waals surface area contributed by atoms with Crippen molar-refractivity contribution >= 4 is 11.5 Å². The van der Waals surface area contributed by atoms with Crippen molar-refractivity contribution in [2.24, 2.45) is 22.7 Å². The van der Waals surface area contributed by atoms with Gasteiger partial charge < -0.3 is 5.32 Å². The van der Waals surface area contributed by atoms with Gasteiger partial charge in [-0.25, -0.2) is 0 Å². The Balaban J connectivity index is 1.50. The van der Waals surface area contributed by atoms with E-state index in [4.69, 9.17) is 0 Å². The molecule has 2 heterocycles. The van der Waals surface area contributed by atoms with E-state index in [-0.39, 0.29) is 16.7 Å². The highest BCUT2D eigenvalue weighted by atomic mass is 16.1. The van der Waals surface area contributed by atoms with Crippen molar-refractivity contribution in [3.63, 3.8) is 0 Å². The van der Waals surface area contributed by atoms with E-state index in [1.165, 1.54) is 36.0 Å². The molecular formula is C24H28N2O. The van der Waals surface area contributed by atoms with Crippen LogP contribution in [-0.2, 0) is 4.79 Å². The van der Waals surface area contributed by atoms with Gasteiger partial charge in [-0.3, -0.25) is 9.78 Å². The zero-order valence-corrected chi connectivity index (χ0v) is 16.3. The number of amides is 1. The summed E-state index contributed by atoms with van der Waals surface area (Å²) in [6, 6.07) is 4.23. The van der Waals surface area contributed by atoms with Crippen molar-refractivity contribution in [2.75, 3.05) is 6.54 Å². The molecule has 1 amide bonds. The molecule has 3 aliphatic carbocycles. The predicted molar refractivity (Wildman–Crippen MR) is 108 cm³/mol. The second kappa shape index (κ2) is 5.92. The Hall–Kier alpha value is -2.16. The number of hydrogen-bond donors (Lipinski definition) is 1. The van der Waals surface area contributed by atoms with E-state index >= 15 is 0 Å². The number of hydrogen-bond acceptors (Lipinski definition) is 2. The first-order valence-corrected chi connectivity index (χ1v) is 10.3. The number of rotatable bonds is 1. The summed E-state index contributed by atoms with van der Waals surface area (Å²) in [6.45, 7) is 5.66. The molecule has 4 aliphatic rings. The summed E-state index contributed by atoms with van der Waals surface area (Å²) in [5.41, 5.74) is 6.01. The Labute approximate surface area is 161 Å². The molecule has 2 fully saturated rings. The first-order chi connectivity index (χ1) is 13.0. The van der Waals surface area contributed by atoms with Crippen molar-refractivity contribution in [3.8, 4) is 0 Å². The largest absolute Gasteiger partial charge is 0.353 e. The highest BCUT2D eigenvalue weighted by Crippen LogP contribution is 2.64. The van der Waals surface area contributed by atoms with Gasteiger partial charge in [0.2, 0.25) is 5.91 Å². The summed E-state index contributed by atoms with van der Waals surface area (Å²) in [5.74, 6) is 1.38. The molecule has 0 unspecified atom stereocenters. The van der Waals surface area contributed by atoms with Crippen LogP contribution in [0, 0.1) is 22.7 Å². The minimum absolute atomic E-state index is 0.105. The number of pyridine rings is 1. The molecule has 27 heavy (non-hydrogen) atoms. The lowest BCUT2D eigenvalue weighted by atomic mass is 9.49. The maximum Gasteiger partial charge on any atom is 0.243 e. The van der Waals surface area contributed by atoms with E-state index in [1.807, 2.05) is 24.5 Å². The number of nitrogens with one attached hydrogen (secondary N) is 1. The molecule has 1 aromatic heterocycles. The number of carbonyl (C=O) groups is 1. The van der Waals surface area contributed by atoms with Gasteiger partial charge in [0, 0.05) is 30.4 Å². The third kappa shape index (κ3) is 2.40. The van der Waals surface area contributed by atoms with Crippen LogP contribution in [-0.4, -0.2) is 17.4 Å². The van der Waals surface area contributed by atoms with Gasteiger partial charge in [0.05, 0.1) is 0 Å². The van der Waals surface area contributed by atoms with Crippen molar-refractivity contribution in [1.82, 2.24) is 10.3 Å². The Morgan fingerprint density at radius 2 is 2.07 bits per heavy atom. The van der Waals surface area contributed by atoms with Gasteiger partial charge in [0.15, 0.2) is 0 Å². The Morgan fingerprint density at radius 3 is 2.89 bits per heavy atom. The van der Waals surface area contributed by atoms with Crippen molar-refractivity contribution < 1.29 is 4.79 Å². The number of allylic oxidation sites excluding steroid dienone is 5. The van der Waals surface area contributed by atoms with Gasteiger partial charge in [-0.15, -0.1) is 0 Å². The van der Waals surface area contributed by atoms with E-state index in [1.54, 1.807) is 5.57 Å². The Bertz CT molecular complexity index is 881. The zero-order chi connectivity index (χ0) is 18.6. The molecule has 0 bridgehead atoms. The molecule has 0 saturated heterocycles. The highest BCUT2D eigenvalue weighted by Gasteiger charge is 2.54. The molecular weight excluding hydrogens is 332 g/mol. The maximum absolute atomic E-state index is 12.1. The normalized spacial score (nSPS) is 37.7. The SMILES string of the molecule is C[C@]12CC[C@H]3[C@@H](CCC4=CC(=O)NCC[C@@]43C)C1=CC=C2c1cccnc1. The van der Waals surface area contributed by atoms with Gasteiger partial charge in [0.25, 0.3) is 0 Å². The lowest BCUT2D eigenvalue weighted by Crippen LogP contribution is -2.46. The number of fused-ring (bicyclic) bond motifs is 5. The molecule has 1 aliphatic heterocycles. The topological polar surface area (TPSA) is 42.0 Å². The average molecular weight is 361 g/mol. The predicted octanol–water partition coefficient (Wildman–Crippen LogP) is 4.68. The van der Waals surface area contributed by atoms with E-state index < -0.39 is 0 Å². The summed E-state index contributed by atoms with van der Waals surface area (Å²) in [6.07, 6.45) is 16.3. The number of nitrogens with zero attached hydrogens (tertiary/aromatic N) is 1. The fraction of sp³-hybridized carbons (Fsp3) is 0.500. The standard InChI is InChI=1S/C24H28N2O/c1-23-11-13-26-22(27)14-17(23)5-6-18-20-8-7-19(16-4-3-12-25-15-16)24(20,2)10-9-21(18)23/h3-4,7-8,12,14-15,18,21H,5-6,9-11,13H2,1-2H3,(H,26,27)/t18-,21-,23-,24+/m0/s1.